The van der Waals surface area contributed by atoms with Crippen molar-refractivity contribution < 1.29 is 9.31 Å². The van der Waals surface area contributed by atoms with E-state index < -0.39 is 18.3 Å². The maximum Gasteiger partial charge on any atom is 0.496 e. The number of fused-ring (bicyclic) bond motifs is 3. The zero-order valence-corrected chi connectivity index (χ0v) is 20.4. The molecule has 5 aromatic rings. The molecule has 1 saturated heterocycles. The van der Waals surface area contributed by atoms with Gasteiger partial charge in [-0.1, -0.05) is 78.9 Å². The highest BCUT2D eigenvalue weighted by Crippen LogP contribution is 2.42. The van der Waals surface area contributed by atoms with Crippen LogP contribution in [0.1, 0.15) is 33.3 Å². The van der Waals surface area contributed by atoms with E-state index in [1.165, 1.54) is 0 Å². The number of nitriles is 1. The van der Waals surface area contributed by atoms with E-state index in [2.05, 4.69) is 94.4 Å². The maximum absolute atomic E-state index is 9.71. The molecule has 0 aliphatic carbocycles. The first-order valence-electron chi connectivity index (χ1n) is 12.0. The molecular weight excluding hydrogens is 429 g/mol. The fraction of sp³-hybridized carbons (Fsp3) is 0.194. The molecule has 3 nitrogen and oxygen atoms in total. The van der Waals surface area contributed by atoms with Crippen LogP contribution in [0.4, 0.5) is 0 Å². The van der Waals surface area contributed by atoms with Crippen LogP contribution in [0.3, 0.4) is 0 Å². The third-order valence-electron chi connectivity index (χ3n) is 7.78. The van der Waals surface area contributed by atoms with Gasteiger partial charge >= 0.3 is 7.12 Å². The summed E-state index contributed by atoms with van der Waals surface area (Å²) >= 11 is 0. The lowest BCUT2D eigenvalue weighted by Crippen LogP contribution is -2.41. The molecule has 0 atom stereocenters. The second-order valence-electron chi connectivity index (χ2n) is 10.3. The van der Waals surface area contributed by atoms with Gasteiger partial charge < -0.3 is 9.31 Å². The molecule has 1 fully saturated rings. The Balaban J connectivity index is 1.73. The van der Waals surface area contributed by atoms with Crippen LogP contribution in [0.5, 0.6) is 0 Å². The zero-order valence-electron chi connectivity index (χ0n) is 20.4. The Labute approximate surface area is 206 Å². The molecule has 0 unspecified atom stereocenters. The summed E-state index contributed by atoms with van der Waals surface area (Å²) in [6.45, 7) is 8.37. The van der Waals surface area contributed by atoms with Gasteiger partial charge in [0.2, 0.25) is 0 Å². The average molecular weight is 455 g/mol. The number of nitrogens with zero attached hydrogens (tertiary/aromatic N) is 1. The Hall–Kier alpha value is -3.65. The van der Waals surface area contributed by atoms with Crippen LogP contribution in [0.15, 0.2) is 84.9 Å². The van der Waals surface area contributed by atoms with E-state index in [9.17, 15) is 5.26 Å². The highest BCUT2D eigenvalue weighted by Gasteiger charge is 2.52. The van der Waals surface area contributed by atoms with Crippen LogP contribution in [-0.4, -0.2) is 18.3 Å². The van der Waals surface area contributed by atoms with Gasteiger partial charge in [0.1, 0.15) is 0 Å². The van der Waals surface area contributed by atoms with Crippen LogP contribution in [-0.2, 0) is 9.31 Å². The standard InChI is InChI=1S/C31H26BNO2/c1-30(2)31(3,4)35-32(34-30)29-26-15-9-7-13-23(26)28(24-14-8-10-16-27(24)29)25-18-17-20(19-33)21-11-5-6-12-22(21)25/h5-18H,1-4H3. The normalized spacial score (nSPS) is 16.7. The molecule has 35 heavy (non-hydrogen) atoms. The average Bonchev–Trinajstić information content (AvgIpc) is 3.08. The summed E-state index contributed by atoms with van der Waals surface area (Å²) in [5.74, 6) is 0. The molecule has 0 aromatic heterocycles. The number of benzene rings is 5. The summed E-state index contributed by atoms with van der Waals surface area (Å²) in [4.78, 5) is 0. The molecule has 4 heteroatoms. The van der Waals surface area contributed by atoms with Gasteiger partial charge in [-0.2, -0.15) is 5.26 Å². The van der Waals surface area contributed by atoms with Crippen molar-refractivity contribution in [3.05, 3.63) is 90.5 Å². The highest BCUT2D eigenvalue weighted by atomic mass is 16.7. The Morgan fingerprint density at radius 1 is 0.600 bits per heavy atom. The molecule has 0 bridgehead atoms. The van der Waals surface area contributed by atoms with Gasteiger partial charge in [-0.15, -0.1) is 0 Å². The van der Waals surface area contributed by atoms with Gasteiger partial charge in [0.05, 0.1) is 22.8 Å². The van der Waals surface area contributed by atoms with Crippen LogP contribution in [0.25, 0.3) is 43.4 Å². The lowest BCUT2D eigenvalue weighted by molar-refractivity contribution is 0.00578. The predicted molar refractivity (Wildman–Crippen MR) is 145 cm³/mol. The van der Waals surface area contributed by atoms with E-state index in [-0.39, 0.29) is 0 Å². The van der Waals surface area contributed by atoms with Crippen molar-refractivity contribution >= 4 is 44.9 Å². The topological polar surface area (TPSA) is 42.2 Å². The van der Waals surface area contributed by atoms with E-state index >= 15 is 0 Å². The van der Waals surface area contributed by atoms with E-state index in [1.807, 2.05) is 24.3 Å². The molecule has 0 radical (unpaired) electrons. The fourth-order valence-electron chi connectivity index (χ4n) is 5.28. The first kappa shape index (κ1) is 21.9. The zero-order chi connectivity index (χ0) is 24.4. The smallest absolute Gasteiger partial charge is 0.399 e. The summed E-state index contributed by atoms with van der Waals surface area (Å²) in [5.41, 5.74) is 3.18. The van der Waals surface area contributed by atoms with Gasteiger partial charge in [-0.3, -0.25) is 0 Å². The predicted octanol–water partition coefficient (Wildman–Crippen LogP) is 6.98. The minimum atomic E-state index is -0.471. The molecule has 170 valence electrons. The summed E-state index contributed by atoms with van der Waals surface area (Å²) in [6, 6.07) is 31.5. The molecule has 1 heterocycles. The van der Waals surface area contributed by atoms with Crippen molar-refractivity contribution in [1.82, 2.24) is 0 Å². The van der Waals surface area contributed by atoms with E-state index in [0.717, 1.165) is 48.9 Å². The number of hydrogen-bond acceptors (Lipinski definition) is 3. The molecule has 0 N–H and O–H groups in total. The lowest BCUT2D eigenvalue weighted by atomic mass is 9.71. The van der Waals surface area contributed by atoms with Gasteiger partial charge in [0.25, 0.3) is 0 Å². The van der Waals surface area contributed by atoms with E-state index in [4.69, 9.17) is 9.31 Å². The molecular formula is C31H26BNO2. The van der Waals surface area contributed by atoms with Crippen molar-refractivity contribution in [3.63, 3.8) is 0 Å². The molecule has 1 aliphatic rings. The monoisotopic (exact) mass is 455 g/mol. The minimum Gasteiger partial charge on any atom is -0.399 e. The maximum atomic E-state index is 9.71. The fourth-order valence-corrected chi connectivity index (χ4v) is 5.28. The van der Waals surface area contributed by atoms with Crippen molar-refractivity contribution in [2.75, 3.05) is 0 Å². The Morgan fingerprint density at radius 2 is 1.06 bits per heavy atom. The molecule has 0 saturated carbocycles. The van der Waals surface area contributed by atoms with Gasteiger partial charge in [-0.25, -0.2) is 0 Å². The Kier molecular flexibility index (Phi) is 4.80. The van der Waals surface area contributed by atoms with Crippen LogP contribution >= 0.6 is 0 Å². The second-order valence-corrected chi connectivity index (χ2v) is 10.3. The summed E-state index contributed by atoms with van der Waals surface area (Å²) < 4.78 is 13.1. The van der Waals surface area contributed by atoms with Crippen molar-refractivity contribution in [3.8, 4) is 17.2 Å². The van der Waals surface area contributed by atoms with Crippen molar-refractivity contribution in [2.24, 2.45) is 0 Å². The largest absolute Gasteiger partial charge is 0.496 e. The van der Waals surface area contributed by atoms with Crippen molar-refractivity contribution in [2.45, 2.75) is 38.9 Å². The van der Waals surface area contributed by atoms with E-state index in [0.29, 0.717) is 5.56 Å². The third kappa shape index (κ3) is 3.20. The first-order chi connectivity index (χ1) is 16.8. The summed E-state index contributed by atoms with van der Waals surface area (Å²) in [6.07, 6.45) is 0. The Morgan fingerprint density at radius 3 is 1.57 bits per heavy atom. The summed E-state index contributed by atoms with van der Waals surface area (Å²) in [7, 11) is -0.471. The van der Waals surface area contributed by atoms with E-state index in [1.54, 1.807) is 0 Å². The molecule has 6 rings (SSSR count). The van der Waals surface area contributed by atoms with Gasteiger partial charge in [0.15, 0.2) is 0 Å². The number of rotatable bonds is 2. The van der Waals surface area contributed by atoms with Crippen LogP contribution in [0, 0.1) is 11.3 Å². The quantitative estimate of drug-likeness (QED) is 0.213. The lowest BCUT2D eigenvalue weighted by Gasteiger charge is -2.32. The van der Waals surface area contributed by atoms with Crippen LogP contribution < -0.4 is 5.46 Å². The second kappa shape index (κ2) is 7.68. The van der Waals surface area contributed by atoms with Crippen LogP contribution in [0.2, 0.25) is 0 Å². The molecule has 0 amide bonds. The minimum absolute atomic E-state index is 0.429. The molecule has 5 aromatic carbocycles. The first-order valence-corrected chi connectivity index (χ1v) is 12.0. The third-order valence-corrected chi connectivity index (χ3v) is 7.78. The molecule has 0 spiro atoms. The Bertz CT molecular complexity index is 1610. The van der Waals surface area contributed by atoms with Gasteiger partial charge in [-0.05, 0) is 77.3 Å². The molecule has 1 aliphatic heterocycles. The highest BCUT2D eigenvalue weighted by molar-refractivity contribution is 6.69. The SMILES string of the molecule is CC1(C)OB(c2c3ccccc3c(-c3ccc(C#N)c4ccccc34)c3ccccc23)OC1(C)C. The summed E-state index contributed by atoms with van der Waals surface area (Å²) in [5, 5.41) is 16.3. The van der Waals surface area contributed by atoms with Gasteiger partial charge in [0, 0.05) is 5.39 Å². The number of hydrogen-bond donors (Lipinski definition) is 0. The van der Waals surface area contributed by atoms with Crippen molar-refractivity contribution in [1.29, 1.82) is 5.26 Å².